The number of alkyl halides is 3. The molecule has 0 aliphatic heterocycles. The van der Waals surface area contributed by atoms with Gasteiger partial charge in [0.25, 0.3) is 0 Å². The summed E-state index contributed by atoms with van der Waals surface area (Å²) in [7, 11) is 1.13. The molecule has 1 rings (SSSR count). The van der Waals surface area contributed by atoms with Gasteiger partial charge in [-0.3, -0.25) is 5.32 Å². The number of rotatable bonds is 7. The van der Waals surface area contributed by atoms with Gasteiger partial charge in [-0.1, -0.05) is 19.1 Å². The molecular formula is C14H18F3NO3. The van der Waals surface area contributed by atoms with Crippen LogP contribution in [0.1, 0.15) is 24.9 Å². The number of esters is 1. The Balaban J connectivity index is 2.80. The average Bonchev–Trinajstić information content (AvgIpc) is 2.45. The van der Waals surface area contributed by atoms with E-state index in [9.17, 15) is 18.0 Å². The van der Waals surface area contributed by atoms with E-state index in [1.165, 1.54) is 12.1 Å². The van der Waals surface area contributed by atoms with Gasteiger partial charge in [0.1, 0.15) is 11.8 Å². The van der Waals surface area contributed by atoms with Gasteiger partial charge in [-0.05, 0) is 24.1 Å². The maximum absolute atomic E-state index is 12.3. The Hall–Kier alpha value is -1.76. The second-order valence-corrected chi connectivity index (χ2v) is 4.37. The van der Waals surface area contributed by atoms with Gasteiger partial charge in [-0.2, -0.15) is 13.2 Å². The lowest BCUT2D eigenvalue weighted by Gasteiger charge is -2.18. The maximum atomic E-state index is 12.3. The molecule has 0 saturated carbocycles. The normalized spacial score (nSPS) is 12.8. The molecule has 0 saturated heterocycles. The summed E-state index contributed by atoms with van der Waals surface area (Å²) in [5.74, 6) is -0.179. The van der Waals surface area contributed by atoms with E-state index < -0.39 is 24.7 Å². The van der Waals surface area contributed by atoms with Gasteiger partial charge in [-0.25, -0.2) is 4.79 Å². The number of carbonyl (C=O) groups is 1. The van der Waals surface area contributed by atoms with Crippen molar-refractivity contribution >= 4 is 5.97 Å². The molecule has 1 N–H and O–H groups in total. The van der Waals surface area contributed by atoms with Crippen molar-refractivity contribution in [3.8, 4) is 5.75 Å². The van der Waals surface area contributed by atoms with Crippen molar-refractivity contribution in [1.82, 2.24) is 5.32 Å². The number of methoxy groups -OCH3 is 1. The molecule has 0 heterocycles. The van der Waals surface area contributed by atoms with Crippen molar-refractivity contribution < 1.29 is 27.4 Å². The second kappa shape index (κ2) is 7.87. The van der Waals surface area contributed by atoms with Crippen molar-refractivity contribution in [3.63, 3.8) is 0 Å². The van der Waals surface area contributed by atoms with Crippen LogP contribution in [0.2, 0.25) is 0 Å². The molecule has 1 aromatic rings. The largest absolute Gasteiger partial charge is 0.494 e. The molecule has 0 fully saturated rings. The third-order valence-corrected chi connectivity index (χ3v) is 2.63. The van der Waals surface area contributed by atoms with E-state index in [4.69, 9.17) is 4.74 Å². The molecule has 7 heteroatoms. The molecule has 1 aromatic carbocycles. The highest BCUT2D eigenvalue weighted by Gasteiger charge is 2.31. The Labute approximate surface area is 121 Å². The molecule has 21 heavy (non-hydrogen) atoms. The zero-order valence-electron chi connectivity index (χ0n) is 11.9. The molecule has 0 amide bonds. The Bertz CT molecular complexity index is 446. The highest BCUT2D eigenvalue weighted by molar-refractivity contribution is 5.77. The van der Waals surface area contributed by atoms with Crippen molar-refractivity contribution in [1.29, 1.82) is 0 Å². The van der Waals surface area contributed by atoms with Crippen LogP contribution in [0.15, 0.2) is 24.3 Å². The van der Waals surface area contributed by atoms with Crippen molar-refractivity contribution in [2.75, 3.05) is 20.3 Å². The Morgan fingerprint density at radius 1 is 1.29 bits per heavy atom. The molecular weight excluding hydrogens is 287 g/mol. The zero-order valence-corrected chi connectivity index (χ0v) is 11.9. The fraction of sp³-hybridized carbons (Fsp3) is 0.500. The molecule has 1 atom stereocenters. The maximum Gasteiger partial charge on any atom is 0.401 e. The highest BCUT2D eigenvalue weighted by atomic mass is 19.4. The van der Waals surface area contributed by atoms with Crippen molar-refractivity contribution in [2.24, 2.45) is 0 Å². The van der Waals surface area contributed by atoms with Gasteiger partial charge in [0, 0.05) is 0 Å². The van der Waals surface area contributed by atoms with Gasteiger partial charge in [0.2, 0.25) is 0 Å². The van der Waals surface area contributed by atoms with Gasteiger partial charge in [-0.15, -0.1) is 0 Å². The van der Waals surface area contributed by atoms with Crippen LogP contribution in [-0.2, 0) is 9.53 Å². The molecule has 0 spiro atoms. The van der Waals surface area contributed by atoms with Gasteiger partial charge >= 0.3 is 12.1 Å². The molecule has 1 unspecified atom stereocenters. The number of hydrogen-bond donors (Lipinski definition) is 1. The first kappa shape index (κ1) is 17.3. The molecule has 0 aliphatic carbocycles. The van der Waals surface area contributed by atoms with Crippen LogP contribution in [0.4, 0.5) is 13.2 Å². The smallest absolute Gasteiger partial charge is 0.401 e. The van der Waals surface area contributed by atoms with Crippen LogP contribution in [-0.4, -0.2) is 32.4 Å². The van der Waals surface area contributed by atoms with Crippen LogP contribution in [0.5, 0.6) is 5.75 Å². The molecule has 0 bridgehead atoms. The SMILES string of the molecule is CCCOc1ccc(C(NCC(F)(F)F)C(=O)OC)cc1. The predicted octanol–water partition coefficient (Wildman–Crippen LogP) is 2.84. The number of halogens is 3. The first-order valence-electron chi connectivity index (χ1n) is 6.48. The first-order valence-corrected chi connectivity index (χ1v) is 6.48. The van der Waals surface area contributed by atoms with E-state index in [1.54, 1.807) is 12.1 Å². The molecule has 118 valence electrons. The Morgan fingerprint density at radius 3 is 2.38 bits per heavy atom. The van der Waals surface area contributed by atoms with E-state index >= 15 is 0 Å². The third kappa shape index (κ3) is 6.03. The van der Waals surface area contributed by atoms with E-state index in [0.29, 0.717) is 17.9 Å². The lowest BCUT2D eigenvalue weighted by atomic mass is 10.1. The van der Waals surface area contributed by atoms with Gasteiger partial charge in [0.15, 0.2) is 0 Å². The zero-order chi connectivity index (χ0) is 15.9. The highest BCUT2D eigenvalue weighted by Crippen LogP contribution is 2.21. The summed E-state index contributed by atoms with van der Waals surface area (Å²) in [6, 6.07) is 5.12. The molecule has 0 radical (unpaired) electrons. The van der Waals surface area contributed by atoms with Gasteiger partial charge < -0.3 is 9.47 Å². The fourth-order valence-electron chi connectivity index (χ4n) is 1.65. The number of hydrogen-bond acceptors (Lipinski definition) is 4. The third-order valence-electron chi connectivity index (χ3n) is 2.63. The monoisotopic (exact) mass is 305 g/mol. The quantitative estimate of drug-likeness (QED) is 0.787. The van der Waals surface area contributed by atoms with Crippen molar-refractivity contribution in [3.05, 3.63) is 29.8 Å². The van der Waals surface area contributed by atoms with Gasteiger partial charge in [0.05, 0.1) is 20.3 Å². The summed E-state index contributed by atoms with van der Waals surface area (Å²) in [4.78, 5) is 11.6. The van der Waals surface area contributed by atoms with E-state index in [1.807, 2.05) is 6.92 Å². The van der Waals surface area contributed by atoms with E-state index in [-0.39, 0.29) is 0 Å². The lowest BCUT2D eigenvalue weighted by molar-refractivity contribution is -0.146. The van der Waals surface area contributed by atoms with Crippen LogP contribution in [0.25, 0.3) is 0 Å². The summed E-state index contributed by atoms with van der Waals surface area (Å²) in [5.41, 5.74) is 0.384. The topological polar surface area (TPSA) is 47.6 Å². The number of benzene rings is 1. The summed E-state index contributed by atoms with van der Waals surface area (Å²) >= 11 is 0. The minimum Gasteiger partial charge on any atom is -0.494 e. The predicted molar refractivity (Wildman–Crippen MR) is 71.0 cm³/mol. The average molecular weight is 305 g/mol. The minimum absolute atomic E-state index is 0.384. The number of nitrogens with one attached hydrogen (secondary N) is 1. The summed E-state index contributed by atoms with van der Waals surface area (Å²) in [6.07, 6.45) is -3.56. The fourth-order valence-corrected chi connectivity index (χ4v) is 1.65. The number of ether oxygens (including phenoxy) is 2. The van der Waals surface area contributed by atoms with Crippen LogP contribution in [0, 0.1) is 0 Å². The molecule has 0 aromatic heterocycles. The van der Waals surface area contributed by atoms with E-state index in [0.717, 1.165) is 13.5 Å². The minimum atomic E-state index is -4.41. The van der Waals surface area contributed by atoms with Crippen LogP contribution in [0.3, 0.4) is 0 Å². The first-order chi connectivity index (χ1) is 9.87. The molecule has 0 aliphatic rings. The summed E-state index contributed by atoms with van der Waals surface area (Å²) < 4.78 is 46.7. The van der Waals surface area contributed by atoms with Crippen LogP contribution < -0.4 is 10.1 Å². The second-order valence-electron chi connectivity index (χ2n) is 4.37. The summed E-state index contributed by atoms with van der Waals surface area (Å²) in [5, 5.41) is 2.15. The standard InChI is InChI=1S/C14H18F3NO3/c1-3-8-21-11-6-4-10(5-7-11)12(13(19)20-2)18-9-14(15,16)17/h4-7,12,18H,3,8-9H2,1-2H3. The molecule has 4 nitrogen and oxygen atoms in total. The Kier molecular flexibility index (Phi) is 6.48. The van der Waals surface area contributed by atoms with Crippen LogP contribution >= 0.6 is 0 Å². The van der Waals surface area contributed by atoms with Crippen molar-refractivity contribution in [2.45, 2.75) is 25.6 Å². The summed E-state index contributed by atoms with van der Waals surface area (Å²) in [6.45, 7) is 1.23. The Morgan fingerprint density at radius 2 is 1.90 bits per heavy atom. The number of carbonyl (C=O) groups excluding carboxylic acids is 1. The van der Waals surface area contributed by atoms with E-state index in [2.05, 4.69) is 10.1 Å². The lowest BCUT2D eigenvalue weighted by Crippen LogP contribution is -2.36.